The summed E-state index contributed by atoms with van der Waals surface area (Å²) in [5.74, 6) is -1.13. The summed E-state index contributed by atoms with van der Waals surface area (Å²) in [6.45, 7) is 4.60. The molecule has 0 aliphatic carbocycles. The quantitative estimate of drug-likeness (QED) is 0.721. The Kier molecular flexibility index (Phi) is 7.26. The average Bonchev–Trinajstić information content (AvgIpc) is 2.74. The van der Waals surface area contributed by atoms with Gasteiger partial charge in [0, 0.05) is 24.6 Å². The van der Waals surface area contributed by atoms with Crippen LogP contribution in [0.1, 0.15) is 48.9 Å². The van der Waals surface area contributed by atoms with Crippen LogP contribution >= 0.6 is 0 Å². The van der Waals surface area contributed by atoms with Crippen molar-refractivity contribution < 1.29 is 17.6 Å². The molecular weight excluding hydrogens is 403 g/mol. The van der Waals surface area contributed by atoms with Crippen molar-refractivity contribution in [3.63, 3.8) is 0 Å². The highest BCUT2D eigenvalue weighted by Gasteiger charge is 2.32. The lowest BCUT2D eigenvalue weighted by molar-refractivity contribution is -0.126. The van der Waals surface area contributed by atoms with Gasteiger partial charge in [0.15, 0.2) is 0 Å². The van der Waals surface area contributed by atoms with Crippen LogP contribution in [0.15, 0.2) is 48.5 Å². The highest BCUT2D eigenvalue weighted by molar-refractivity contribution is 7.88. The second-order valence-corrected chi connectivity index (χ2v) is 9.87. The Balaban J connectivity index is 1.57. The Labute approximate surface area is 178 Å². The number of rotatable bonds is 7. The lowest BCUT2D eigenvalue weighted by Crippen LogP contribution is -2.44. The van der Waals surface area contributed by atoms with Gasteiger partial charge in [-0.3, -0.25) is 4.79 Å². The van der Waals surface area contributed by atoms with E-state index in [0.717, 1.165) is 12.0 Å². The van der Waals surface area contributed by atoms with Gasteiger partial charge in [0.2, 0.25) is 15.9 Å². The number of carbonyl (C=O) groups excluding carboxylic acids is 1. The molecule has 2 aromatic rings. The van der Waals surface area contributed by atoms with Crippen LogP contribution in [0.3, 0.4) is 0 Å². The Morgan fingerprint density at radius 1 is 1.13 bits per heavy atom. The van der Waals surface area contributed by atoms with Crippen molar-refractivity contribution in [3.05, 3.63) is 71.0 Å². The molecule has 0 unspecified atom stereocenters. The number of nitrogens with zero attached hydrogens (tertiary/aromatic N) is 1. The molecule has 1 aliphatic rings. The highest BCUT2D eigenvalue weighted by Crippen LogP contribution is 2.24. The van der Waals surface area contributed by atoms with Crippen LogP contribution < -0.4 is 5.32 Å². The fourth-order valence-corrected chi connectivity index (χ4v) is 5.39. The third-order valence-electron chi connectivity index (χ3n) is 5.72. The Bertz CT molecular complexity index is 968. The molecule has 1 aliphatic heterocycles. The van der Waals surface area contributed by atoms with Crippen molar-refractivity contribution in [3.8, 4) is 0 Å². The first-order valence-electron chi connectivity index (χ1n) is 10.4. The number of aryl methyl sites for hydroxylation is 1. The molecule has 0 bridgehead atoms. The highest BCUT2D eigenvalue weighted by atomic mass is 32.2. The number of piperidine rings is 1. The number of hydrogen-bond acceptors (Lipinski definition) is 3. The first kappa shape index (κ1) is 22.4. The molecule has 162 valence electrons. The van der Waals surface area contributed by atoms with Gasteiger partial charge in [-0.15, -0.1) is 0 Å². The van der Waals surface area contributed by atoms with E-state index in [4.69, 9.17) is 0 Å². The number of halogens is 1. The molecule has 5 nitrogen and oxygen atoms in total. The first-order chi connectivity index (χ1) is 14.3. The van der Waals surface area contributed by atoms with Gasteiger partial charge in [0.1, 0.15) is 5.82 Å². The molecule has 0 saturated carbocycles. The summed E-state index contributed by atoms with van der Waals surface area (Å²) < 4.78 is 40.6. The number of sulfonamides is 1. The summed E-state index contributed by atoms with van der Waals surface area (Å²) >= 11 is 0. The van der Waals surface area contributed by atoms with E-state index in [1.807, 2.05) is 38.1 Å². The predicted octanol–water partition coefficient (Wildman–Crippen LogP) is 3.94. The molecule has 3 rings (SSSR count). The van der Waals surface area contributed by atoms with Crippen LogP contribution in [-0.4, -0.2) is 31.7 Å². The number of amides is 1. The smallest absolute Gasteiger partial charge is 0.223 e. The van der Waals surface area contributed by atoms with Crippen molar-refractivity contribution in [1.29, 1.82) is 0 Å². The zero-order valence-electron chi connectivity index (χ0n) is 17.5. The molecular formula is C23H29FN2O3S. The van der Waals surface area contributed by atoms with Gasteiger partial charge in [0.25, 0.3) is 0 Å². The lowest BCUT2D eigenvalue weighted by atomic mass is 9.95. The lowest BCUT2D eigenvalue weighted by Gasteiger charge is -2.31. The molecule has 7 heteroatoms. The van der Waals surface area contributed by atoms with E-state index in [2.05, 4.69) is 5.32 Å². The third kappa shape index (κ3) is 5.46. The van der Waals surface area contributed by atoms with E-state index >= 15 is 0 Å². The zero-order chi connectivity index (χ0) is 21.7. The molecule has 0 aromatic heterocycles. The molecule has 0 spiro atoms. The van der Waals surface area contributed by atoms with E-state index in [0.29, 0.717) is 12.8 Å². The molecule has 1 N–H and O–H groups in total. The van der Waals surface area contributed by atoms with E-state index in [9.17, 15) is 17.6 Å². The van der Waals surface area contributed by atoms with Crippen LogP contribution in [0.2, 0.25) is 0 Å². The largest absolute Gasteiger partial charge is 0.349 e. The first-order valence-corrected chi connectivity index (χ1v) is 12.0. The monoisotopic (exact) mass is 432 g/mol. The van der Waals surface area contributed by atoms with E-state index < -0.39 is 15.8 Å². The van der Waals surface area contributed by atoms with Crippen molar-refractivity contribution in [2.75, 3.05) is 13.1 Å². The van der Waals surface area contributed by atoms with Crippen LogP contribution in [-0.2, 0) is 20.6 Å². The van der Waals surface area contributed by atoms with Crippen LogP contribution in [0.5, 0.6) is 0 Å². The molecule has 1 heterocycles. The van der Waals surface area contributed by atoms with Gasteiger partial charge in [-0.1, -0.05) is 55.0 Å². The number of benzene rings is 2. The molecule has 1 atom stereocenters. The minimum Gasteiger partial charge on any atom is -0.349 e. The molecule has 1 saturated heterocycles. The van der Waals surface area contributed by atoms with E-state index in [1.165, 1.54) is 28.1 Å². The topological polar surface area (TPSA) is 66.5 Å². The standard InChI is InChI=1S/C23H29FN2O3S/c1-3-22(18-10-8-17(2)9-11-18)25-23(27)19-12-14-26(15-13-19)30(28,29)16-20-6-4-5-7-21(20)24/h4-11,19,22H,3,12-16H2,1-2H3,(H,25,27)/t22-/m1/s1. The summed E-state index contributed by atoms with van der Waals surface area (Å²) in [7, 11) is -3.62. The van der Waals surface area contributed by atoms with Gasteiger partial charge >= 0.3 is 0 Å². The molecule has 0 radical (unpaired) electrons. The van der Waals surface area contributed by atoms with Gasteiger partial charge in [0.05, 0.1) is 11.8 Å². The zero-order valence-corrected chi connectivity index (χ0v) is 18.3. The number of carbonyl (C=O) groups is 1. The SMILES string of the molecule is CC[C@@H](NC(=O)C1CCN(S(=O)(=O)Cc2ccccc2F)CC1)c1ccc(C)cc1. The number of nitrogens with one attached hydrogen (secondary N) is 1. The van der Waals surface area contributed by atoms with Gasteiger partial charge < -0.3 is 5.32 Å². The second kappa shape index (κ2) is 9.71. The maximum absolute atomic E-state index is 13.8. The van der Waals surface area contributed by atoms with Crippen LogP contribution in [0.25, 0.3) is 0 Å². The minimum atomic E-state index is -3.62. The van der Waals surface area contributed by atoms with Crippen LogP contribution in [0.4, 0.5) is 4.39 Å². The molecule has 1 amide bonds. The Morgan fingerprint density at radius 3 is 2.37 bits per heavy atom. The predicted molar refractivity (Wildman–Crippen MR) is 116 cm³/mol. The Hall–Kier alpha value is -2.25. The Morgan fingerprint density at radius 2 is 1.77 bits per heavy atom. The summed E-state index contributed by atoms with van der Waals surface area (Å²) in [6.07, 6.45) is 1.71. The van der Waals surface area contributed by atoms with Crippen molar-refractivity contribution in [2.45, 2.75) is 44.9 Å². The summed E-state index contributed by atoms with van der Waals surface area (Å²) in [6, 6.07) is 14.0. The van der Waals surface area contributed by atoms with Crippen molar-refractivity contribution >= 4 is 15.9 Å². The van der Waals surface area contributed by atoms with Crippen LogP contribution in [0, 0.1) is 18.7 Å². The van der Waals surface area contributed by atoms with E-state index in [-0.39, 0.29) is 42.3 Å². The second-order valence-electron chi connectivity index (χ2n) is 7.90. The van der Waals surface area contributed by atoms with E-state index in [1.54, 1.807) is 6.07 Å². The van der Waals surface area contributed by atoms with Crippen molar-refractivity contribution in [1.82, 2.24) is 9.62 Å². The minimum absolute atomic E-state index is 0.0337. The summed E-state index contributed by atoms with van der Waals surface area (Å²) in [5, 5.41) is 3.12. The fraction of sp³-hybridized carbons (Fsp3) is 0.435. The summed E-state index contributed by atoms with van der Waals surface area (Å²) in [5.41, 5.74) is 2.41. The molecule has 1 fully saturated rings. The molecule has 30 heavy (non-hydrogen) atoms. The maximum atomic E-state index is 13.8. The average molecular weight is 433 g/mol. The fourth-order valence-electron chi connectivity index (χ4n) is 3.81. The van der Waals surface area contributed by atoms with Gasteiger partial charge in [-0.25, -0.2) is 17.1 Å². The van der Waals surface area contributed by atoms with Gasteiger partial charge in [-0.05, 0) is 37.8 Å². The molecule has 2 aromatic carbocycles. The number of hydrogen-bond donors (Lipinski definition) is 1. The van der Waals surface area contributed by atoms with Crippen molar-refractivity contribution in [2.24, 2.45) is 5.92 Å². The summed E-state index contributed by atoms with van der Waals surface area (Å²) in [4.78, 5) is 12.8. The third-order valence-corrected chi connectivity index (χ3v) is 7.55. The van der Waals surface area contributed by atoms with Gasteiger partial charge in [-0.2, -0.15) is 0 Å². The normalized spacial score (nSPS) is 16.9. The maximum Gasteiger partial charge on any atom is 0.223 e.